The zero-order chi connectivity index (χ0) is 10.7. The normalized spacial score (nSPS) is 26.4. The van der Waals surface area contributed by atoms with Crippen molar-refractivity contribution in [2.45, 2.75) is 19.4 Å². The Labute approximate surface area is 80.4 Å². The lowest BCUT2D eigenvalue weighted by molar-refractivity contribution is -0.131. The minimum Gasteiger partial charge on any atom is -0.335 e. The molecule has 0 bridgehead atoms. The summed E-state index contributed by atoms with van der Waals surface area (Å²) in [6.07, 6.45) is -0.0379. The first kappa shape index (κ1) is 10.5. The molecule has 1 heterocycles. The first-order valence-corrected chi connectivity index (χ1v) is 4.15. The fourth-order valence-corrected chi connectivity index (χ4v) is 1.30. The second kappa shape index (κ2) is 4.05. The maximum Gasteiger partial charge on any atom is 0.321 e. The van der Waals surface area contributed by atoms with Crippen LogP contribution in [0.1, 0.15) is 13.3 Å². The summed E-state index contributed by atoms with van der Waals surface area (Å²) in [4.78, 5) is 33.0. The van der Waals surface area contributed by atoms with Crippen molar-refractivity contribution in [3.05, 3.63) is 0 Å². The van der Waals surface area contributed by atoms with E-state index in [9.17, 15) is 14.4 Å². The van der Waals surface area contributed by atoms with Crippen molar-refractivity contribution in [2.24, 2.45) is 11.8 Å². The number of carbonyl (C=O) groups excluding carboxylic acids is 3. The number of hydrogen-bond acceptors (Lipinski definition) is 4. The van der Waals surface area contributed by atoms with Gasteiger partial charge < -0.3 is 5.32 Å². The molecule has 0 saturated carbocycles. The highest BCUT2D eigenvalue weighted by atomic mass is 16.2. The minimum atomic E-state index is -0.573. The molecule has 7 nitrogen and oxygen atoms in total. The topological polar surface area (TPSA) is 113 Å². The number of urea groups is 1. The Hall–Kier alpha value is -1.63. The van der Waals surface area contributed by atoms with Crippen molar-refractivity contribution in [1.29, 1.82) is 0 Å². The molecule has 4 amide bonds. The van der Waals surface area contributed by atoms with E-state index >= 15 is 0 Å². The van der Waals surface area contributed by atoms with Crippen LogP contribution in [0, 0.1) is 5.92 Å². The van der Waals surface area contributed by atoms with Gasteiger partial charge in [0, 0.05) is 12.5 Å². The number of nitrogens with two attached hydrogens (primary N) is 1. The number of imide groups is 1. The second-order valence-corrected chi connectivity index (χ2v) is 3.13. The van der Waals surface area contributed by atoms with Crippen molar-refractivity contribution >= 4 is 17.8 Å². The molecule has 0 aromatic heterocycles. The summed E-state index contributed by atoms with van der Waals surface area (Å²) in [5.41, 5.74) is 1.93. The van der Waals surface area contributed by atoms with Crippen molar-refractivity contribution in [3.8, 4) is 0 Å². The molecule has 78 valence electrons. The van der Waals surface area contributed by atoms with Crippen LogP contribution in [0.5, 0.6) is 0 Å². The molecule has 1 fully saturated rings. The molecule has 5 N–H and O–H groups in total. The van der Waals surface area contributed by atoms with Gasteiger partial charge in [-0.15, -0.1) is 0 Å². The van der Waals surface area contributed by atoms with Gasteiger partial charge in [0.15, 0.2) is 0 Å². The van der Waals surface area contributed by atoms with Gasteiger partial charge in [0.25, 0.3) is 0 Å². The molecular weight excluding hydrogens is 188 g/mol. The van der Waals surface area contributed by atoms with Crippen molar-refractivity contribution in [3.63, 3.8) is 0 Å². The first-order chi connectivity index (χ1) is 6.54. The monoisotopic (exact) mass is 200 g/mol. The summed E-state index contributed by atoms with van der Waals surface area (Å²) in [5.74, 6) is 3.43. The average Bonchev–Trinajstić information content (AvgIpc) is 2.10. The van der Waals surface area contributed by atoms with Crippen molar-refractivity contribution in [2.75, 3.05) is 0 Å². The third-order valence-electron chi connectivity index (χ3n) is 2.10. The van der Waals surface area contributed by atoms with Gasteiger partial charge in [-0.2, -0.15) is 0 Å². The predicted molar refractivity (Wildman–Crippen MR) is 46.6 cm³/mol. The summed E-state index contributed by atoms with van der Waals surface area (Å²) in [5, 5.41) is 4.58. The van der Waals surface area contributed by atoms with Crippen LogP contribution >= 0.6 is 0 Å². The highest BCUT2D eigenvalue weighted by molar-refractivity contribution is 5.99. The highest BCUT2D eigenvalue weighted by Gasteiger charge is 2.33. The molecule has 1 saturated heterocycles. The fourth-order valence-electron chi connectivity index (χ4n) is 1.30. The summed E-state index contributed by atoms with van der Waals surface area (Å²) in [7, 11) is 0. The van der Waals surface area contributed by atoms with E-state index in [0.29, 0.717) is 0 Å². The maximum atomic E-state index is 11.3. The third-order valence-corrected chi connectivity index (χ3v) is 2.10. The Bertz CT molecular complexity index is 278. The van der Waals surface area contributed by atoms with Gasteiger partial charge in [-0.1, -0.05) is 0 Å². The number of nitrogens with one attached hydrogen (secondary N) is 3. The molecule has 0 aromatic carbocycles. The summed E-state index contributed by atoms with van der Waals surface area (Å²) >= 11 is 0. The molecule has 7 heteroatoms. The van der Waals surface area contributed by atoms with E-state index in [-0.39, 0.29) is 12.5 Å². The molecule has 2 atom stereocenters. The number of hydrazine groups is 1. The molecule has 0 spiro atoms. The molecule has 14 heavy (non-hydrogen) atoms. The van der Waals surface area contributed by atoms with Crippen LogP contribution in [0.2, 0.25) is 0 Å². The predicted octanol–water partition coefficient (Wildman–Crippen LogP) is -1.79. The van der Waals surface area contributed by atoms with Crippen molar-refractivity contribution in [1.82, 2.24) is 16.1 Å². The lowest BCUT2D eigenvalue weighted by Gasteiger charge is -2.27. The largest absolute Gasteiger partial charge is 0.335 e. The lowest BCUT2D eigenvalue weighted by Crippen LogP contribution is -2.58. The SMILES string of the molecule is CC1NC(=O)NC(=O)C1CC(=O)NN. The quantitative estimate of drug-likeness (QED) is 0.239. The van der Waals surface area contributed by atoms with Crippen molar-refractivity contribution < 1.29 is 14.4 Å². The number of rotatable bonds is 2. The molecule has 2 unspecified atom stereocenters. The standard InChI is InChI=1S/C7H12N4O3/c1-3-4(2-5(12)11-8)6(13)10-7(14)9-3/h3-4H,2,8H2,1H3,(H,11,12)(H2,9,10,13,14). The molecular formula is C7H12N4O3. The Kier molecular flexibility index (Phi) is 3.03. The Balaban J connectivity index is 2.63. The van der Waals surface area contributed by atoms with Crippen LogP contribution in [0.15, 0.2) is 0 Å². The molecule has 1 rings (SSSR count). The number of amides is 4. The van der Waals surface area contributed by atoms with Gasteiger partial charge in [0.05, 0.1) is 5.92 Å². The van der Waals surface area contributed by atoms with Gasteiger partial charge in [-0.3, -0.25) is 20.3 Å². The van der Waals surface area contributed by atoms with Crippen LogP contribution in [0.4, 0.5) is 4.79 Å². The molecule has 0 aliphatic carbocycles. The third kappa shape index (κ3) is 2.19. The molecule has 0 aromatic rings. The van der Waals surface area contributed by atoms with Gasteiger partial charge in [-0.25, -0.2) is 10.6 Å². The van der Waals surface area contributed by atoms with E-state index in [2.05, 4.69) is 10.6 Å². The van der Waals surface area contributed by atoms with Crippen LogP contribution in [0.3, 0.4) is 0 Å². The molecule has 0 radical (unpaired) electrons. The lowest BCUT2D eigenvalue weighted by atomic mass is 9.94. The average molecular weight is 200 g/mol. The molecule has 1 aliphatic rings. The fraction of sp³-hybridized carbons (Fsp3) is 0.571. The Morgan fingerprint density at radius 2 is 2.21 bits per heavy atom. The van der Waals surface area contributed by atoms with E-state index in [1.54, 1.807) is 6.92 Å². The summed E-state index contributed by atoms with van der Waals surface area (Å²) in [6.45, 7) is 1.66. The van der Waals surface area contributed by atoms with E-state index < -0.39 is 23.8 Å². The number of carbonyl (C=O) groups is 3. The smallest absolute Gasteiger partial charge is 0.321 e. The Morgan fingerprint density at radius 3 is 2.71 bits per heavy atom. The zero-order valence-electron chi connectivity index (χ0n) is 7.66. The van der Waals surface area contributed by atoms with Gasteiger partial charge in [-0.05, 0) is 6.92 Å². The van der Waals surface area contributed by atoms with Crippen LogP contribution in [-0.2, 0) is 9.59 Å². The van der Waals surface area contributed by atoms with Crippen LogP contribution < -0.4 is 21.9 Å². The summed E-state index contributed by atoms with van der Waals surface area (Å²) in [6, 6.07) is -0.902. The maximum absolute atomic E-state index is 11.3. The first-order valence-electron chi connectivity index (χ1n) is 4.15. The van der Waals surface area contributed by atoms with E-state index in [0.717, 1.165) is 0 Å². The van der Waals surface area contributed by atoms with E-state index in [4.69, 9.17) is 5.84 Å². The summed E-state index contributed by atoms with van der Waals surface area (Å²) < 4.78 is 0. The van der Waals surface area contributed by atoms with E-state index in [1.165, 1.54) is 0 Å². The molecule has 1 aliphatic heterocycles. The van der Waals surface area contributed by atoms with Gasteiger partial charge in [0.1, 0.15) is 0 Å². The Morgan fingerprint density at radius 1 is 1.57 bits per heavy atom. The minimum absolute atomic E-state index is 0.0379. The second-order valence-electron chi connectivity index (χ2n) is 3.13. The van der Waals surface area contributed by atoms with Crippen LogP contribution in [-0.4, -0.2) is 23.9 Å². The zero-order valence-corrected chi connectivity index (χ0v) is 7.66. The highest BCUT2D eigenvalue weighted by Crippen LogP contribution is 2.12. The number of hydrogen-bond donors (Lipinski definition) is 4. The van der Waals surface area contributed by atoms with Crippen LogP contribution in [0.25, 0.3) is 0 Å². The van der Waals surface area contributed by atoms with Gasteiger partial charge >= 0.3 is 6.03 Å². The van der Waals surface area contributed by atoms with Gasteiger partial charge in [0.2, 0.25) is 11.8 Å². The van der Waals surface area contributed by atoms with E-state index in [1.807, 2.05) is 5.43 Å².